The summed E-state index contributed by atoms with van der Waals surface area (Å²) in [4.78, 5) is 17.1. The van der Waals surface area contributed by atoms with Crippen LogP contribution in [0, 0.1) is 12.8 Å². The number of methoxy groups -OCH3 is 2. The van der Waals surface area contributed by atoms with Gasteiger partial charge in [-0.2, -0.15) is 4.37 Å². The summed E-state index contributed by atoms with van der Waals surface area (Å²) >= 11 is 1.19. The van der Waals surface area contributed by atoms with Crippen LogP contribution in [-0.2, 0) is 10.2 Å². The third kappa shape index (κ3) is 3.95. The van der Waals surface area contributed by atoms with Gasteiger partial charge in [-0.25, -0.2) is 4.98 Å². The number of rotatable bonds is 8. The minimum Gasteiger partial charge on any atom is -0.493 e. The first-order chi connectivity index (χ1) is 14.6. The molecular weight excluding hydrogens is 402 g/mol. The van der Waals surface area contributed by atoms with Crippen LogP contribution < -0.4 is 19.5 Å². The van der Waals surface area contributed by atoms with Crippen LogP contribution in [0.5, 0.6) is 17.2 Å². The molecule has 1 amide bonds. The topological polar surface area (TPSA) is 82.6 Å². The van der Waals surface area contributed by atoms with E-state index in [1.807, 2.05) is 36.4 Å². The Hall–Kier alpha value is -3.13. The molecule has 1 fully saturated rings. The molecule has 8 heteroatoms. The van der Waals surface area contributed by atoms with Crippen molar-refractivity contribution in [3.63, 3.8) is 0 Å². The molecule has 7 nitrogen and oxygen atoms in total. The van der Waals surface area contributed by atoms with Gasteiger partial charge in [-0.3, -0.25) is 4.79 Å². The molecule has 4 rings (SSSR count). The van der Waals surface area contributed by atoms with E-state index < -0.39 is 5.41 Å². The van der Waals surface area contributed by atoms with E-state index in [0.717, 1.165) is 5.56 Å². The number of carbonyl (C=O) groups is 1. The number of hydrogen-bond donors (Lipinski definition) is 1. The van der Waals surface area contributed by atoms with E-state index in [1.165, 1.54) is 11.5 Å². The Balaban J connectivity index is 1.53. The number of aryl methyl sites for hydroxylation is 1. The maximum Gasteiger partial charge on any atom is 0.230 e. The van der Waals surface area contributed by atoms with Crippen LogP contribution in [0.4, 0.5) is 5.13 Å². The zero-order chi connectivity index (χ0) is 21.1. The number of amides is 1. The Morgan fingerprint density at radius 1 is 1.17 bits per heavy atom. The Morgan fingerprint density at radius 3 is 2.60 bits per heavy atom. The van der Waals surface area contributed by atoms with E-state index in [-0.39, 0.29) is 11.8 Å². The van der Waals surface area contributed by atoms with Crippen molar-refractivity contribution in [3.8, 4) is 17.2 Å². The van der Waals surface area contributed by atoms with Gasteiger partial charge in [-0.05, 0) is 31.0 Å². The zero-order valence-corrected chi connectivity index (χ0v) is 17.9. The minimum absolute atomic E-state index is 0.0640. The summed E-state index contributed by atoms with van der Waals surface area (Å²) in [5.41, 5.74) is 0.692. The Morgan fingerprint density at radius 2 is 1.93 bits per heavy atom. The minimum atomic E-state index is -0.391. The van der Waals surface area contributed by atoms with E-state index in [4.69, 9.17) is 14.2 Å². The lowest BCUT2D eigenvalue weighted by Gasteiger charge is -2.19. The molecular formula is C22H23N3O4S. The fourth-order valence-electron chi connectivity index (χ4n) is 3.64. The summed E-state index contributed by atoms with van der Waals surface area (Å²) < 4.78 is 20.9. The highest BCUT2D eigenvalue weighted by atomic mass is 32.1. The number of anilines is 1. The second-order valence-electron chi connectivity index (χ2n) is 7.22. The van der Waals surface area contributed by atoms with E-state index in [2.05, 4.69) is 14.7 Å². The van der Waals surface area contributed by atoms with Crippen molar-refractivity contribution in [2.45, 2.75) is 18.8 Å². The van der Waals surface area contributed by atoms with Gasteiger partial charge in [0.2, 0.25) is 11.0 Å². The molecule has 0 bridgehead atoms. The number of carbonyl (C=O) groups excluding carboxylic acids is 1. The Bertz CT molecular complexity index is 1040. The van der Waals surface area contributed by atoms with Crippen molar-refractivity contribution in [1.29, 1.82) is 0 Å². The van der Waals surface area contributed by atoms with Crippen molar-refractivity contribution in [2.75, 3.05) is 26.1 Å². The fourth-order valence-corrected chi connectivity index (χ4v) is 4.22. The maximum absolute atomic E-state index is 12.9. The van der Waals surface area contributed by atoms with E-state index in [1.54, 1.807) is 33.3 Å². The number of nitrogens with one attached hydrogen (secondary N) is 1. The summed E-state index contributed by atoms with van der Waals surface area (Å²) in [6.07, 6.45) is 0.702. The standard InChI is InChI=1S/C22H23N3O4S/c1-14-23-21(30-25-14)24-20(26)17-12-22(17,15-7-5-4-6-8-15)13-29-16-9-10-18(27-2)19(11-16)28-3/h4-11,17H,12-13H2,1-3H3,(H,23,24,25,26). The molecule has 0 spiro atoms. The van der Waals surface area contributed by atoms with E-state index in [0.29, 0.717) is 41.2 Å². The molecule has 0 radical (unpaired) electrons. The maximum atomic E-state index is 12.9. The molecule has 1 N–H and O–H groups in total. The van der Waals surface area contributed by atoms with Gasteiger partial charge in [-0.15, -0.1) is 0 Å². The molecule has 1 aliphatic carbocycles. The normalized spacial score (nSPS) is 19.8. The van der Waals surface area contributed by atoms with Crippen molar-refractivity contribution in [3.05, 3.63) is 59.9 Å². The molecule has 3 aromatic rings. The van der Waals surface area contributed by atoms with Gasteiger partial charge < -0.3 is 19.5 Å². The molecule has 1 aliphatic rings. The lowest BCUT2D eigenvalue weighted by atomic mass is 9.94. The number of hydrogen-bond acceptors (Lipinski definition) is 7. The molecule has 1 aromatic heterocycles. The van der Waals surface area contributed by atoms with Gasteiger partial charge in [0.05, 0.1) is 26.7 Å². The highest BCUT2D eigenvalue weighted by Crippen LogP contribution is 2.55. The third-order valence-corrected chi connectivity index (χ3v) is 6.07. The second-order valence-corrected chi connectivity index (χ2v) is 7.97. The van der Waals surface area contributed by atoms with Gasteiger partial charge in [0, 0.05) is 23.0 Å². The second kappa shape index (κ2) is 8.31. The molecule has 1 saturated carbocycles. The third-order valence-electron chi connectivity index (χ3n) is 5.35. The van der Waals surface area contributed by atoms with Crippen LogP contribution in [0.1, 0.15) is 17.8 Å². The summed E-state index contributed by atoms with van der Waals surface area (Å²) in [5, 5.41) is 3.42. The molecule has 1 heterocycles. The number of ether oxygens (including phenoxy) is 3. The summed E-state index contributed by atoms with van der Waals surface area (Å²) in [6.45, 7) is 2.17. The summed E-state index contributed by atoms with van der Waals surface area (Å²) in [5.74, 6) is 2.28. The van der Waals surface area contributed by atoms with Crippen LogP contribution in [0.3, 0.4) is 0 Å². The first kappa shape index (κ1) is 20.2. The molecule has 2 unspecified atom stereocenters. The number of nitrogens with zero attached hydrogens (tertiary/aromatic N) is 2. The van der Waals surface area contributed by atoms with Gasteiger partial charge in [0.25, 0.3) is 0 Å². The quantitative estimate of drug-likeness (QED) is 0.591. The highest BCUT2D eigenvalue weighted by molar-refractivity contribution is 7.09. The molecule has 30 heavy (non-hydrogen) atoms. The van der Waals surface area contributed by atoms with Crippen LogP contribution in [-0.4, -0.2) is 36.1 Å². The van der Waals surface area contributed by atoms with Crippen LogP contribution in [0.2, 0.25) is 0 Å². The highest BCUT2D eigenvalue weighted by Gasteiger charge is 2.60. The predicted molar refractivity (Wildman–Crippen MR) is 115 cm³/mol. The average molecular weight is 426 g/mol. The van der Waals surface area contributed by atoms with E-state index in [9.17, 15) is 4.79 Å². The van der Waals surface area contributed by atoms with E-state index >= 15 is 0 Å². The summed E-state index contributed by atoms with van der Waals surface area (Å²) in [6, 6.07) is 15.4. The monoisotopic (exact) mass is 425 g/mol. The SMILES string of the molecule is COc1ccc(OCC2(c3ccccc3)CC2C(=O)Nc2nc(C)ns2)cc1OC. The van der Waals surface area contributed by atoms with Crippen molar-refractivity contribution in [1.82, 2.24) is 9.36 Å². The first-order valence-electron chi connectivity index (χ1n) is 9.57. The predicted octanol–water partition coefficient (Wildman–Crippen LogP) is 3.84. The van der Waals surface area contributed by atoms with Crippen molar-refractivity contribution < 1.29 is 19.0 Å². The zero-order valence-electron chi connectivity index (χ0n) is 17.0. The Labute approximate surface area is 179 Å². The number of benzene rings is 2. The largest absolute Gasteiger partial charge is 0.493 e. The van der Waals surface area contributed by atoms with Crippen LogP contribution >= 0.6 is 11.5 Å². The smallest absolute Gasteiger partial charge is 0.230 e. The van der Waals surface area contributed by atoms with Crippen molar-refractivity contribution >= 4 is 22.6 Å². The average Bonchev–Trinajstić information content (AvgIpc) is 3.39. The van der Waals surface area contributed by atoms with Gasteiger partial charge in [0.1, 0.15) is 11.6 Å². The summed E-state index contributed by atoms with van der Waals surface area (Å²) in [7, 11) is 3.18. The molecule has 0 aliphatic heterocycles. The molecule has 0 saturated heterocycles. The van der Waals surface area contributed by atoms with Crippen LogP contribution in [0.25, 0.3) is 0 Å². The van der Waals surface area contributed by atoms with Gasteiger partial charge in [-0.1, -0.05) is 30.3 Å². The van der Waals surface area contributed by atoms with Gasteiger partial charge in [0.15, 0.2) is 11.5 Å². The fraction of sp³-hybridized carbons (Fsp3) is 0.318. The molecule has 2 atom stereocenters. The lowest BCUT2D eigenvalue weighted by Crippen LogP contribution is -2.26. The lowest BCUT2D eigenvalue weighted by molar-refractivity contribution is -0.117. The Kier molecular flexibility index (Phi) is 5.59. The first-order valence-corrected chi connectivity index (χ1v) is 10.3. The number of aromatic nitrogens is 2. The van der Waals surface area contributed by atoms with Crippen LogP contribution in [0.15, 0.2) is 48.5 Å². The van der Waals surface area contributed by atoms with Gasteiger partial charge >= 0.3 is 0 Å². The molecule has 2 aromatic carbocycles. The van der Waals surface area contributed by atoms with Crippen molar-refractivity contribution in [2.24, 2.45) is 5.92 Å². The molecule has 156 valence electrons.